The van der Waals surface area contributed by atoms with Gasteiger partial charge in [0, 0.05) is 17.6 Å². The first-order valence-electron chi connectivity index (χ1n) is 7.58. The summed E-state index contributed by atoms with van der Waals surface area (Å²) in [5.41, 5.74) is 8.50. The van der Waals surface area contributed by atoms with Gasteiger partial charge in [0.05, 0.1) is 16.6 Å². The highest BCUT2D eigenvalue weighted by Gasteiger charge is 2.15. The van der Waals surface area contributed by atoms with Crippen LogP contribution in [-0.4, -0.2) is 26.0 Å². The third-order valence-corrected chi connectivity index (χ3v) is 3.44. The number of pyridine rings is 1. The number of amides is 1. The van der Waals surface area contributed by atoms with Crippen LogP contribution in [0.3, 0.4) is 0 Å². The Balaban J connectivity index is 1.79. The summed E-state index contributed by atoms with van der Waals surface area (Å²) in [6, 6.07) is 3.57. The largest absolute Gasteiger partial charge is 0.336 e. The second-order valence-electron chi connectivity index (χ2n) is 5.85. The summed E-state index contributed by atoms with van der Waals surface area (Å²) in [5, 5.41) is 4.74. The van der Waals surface area contributed by atoms with Gasteiger partial charge in [-0.05, 0) is 31.9 Å². The first-order chi connectivity index (χ1) is 11.4. The monoisotopic (exact) mass is 326 g/mol. The van der Waals surface area contributed by atoms with Gasteiger partial charge in [0.2, 0.25) is 5.95 Å². The van der Waals surface area contributed by atoms with Gasteiger partial charge in [-0.25, -0.2) is 15.0 Å². The molecule has 3 aromatic heterocycles. The number of carbonyl (C=O) groups is 1. The van der Waals surface area contributed by atoms with Gasteiger partial charge >= 0.3 is 0 Å². The molecule has 0 fully saturated rings. The van der Waals surface area contributed by atoms with Crippen LogP contribution >= 0.6 is 0 Å². The maximum Gasteiger partial charge on any atom is 0.271 e. The fourth-order valence-corrected chi connectivity index (χ4v) is 2.36. The molecule has 0 atom stereocenters. The van der Waals surface area contributed by atoms with Crippen molar-refractivity contribution in [1.82, 2.24) is 25.5 Å². The fraction of sp³-hybridized carbons (Fsp3) is 0.312. The van der Waals surface area contributed by atoms with Crippen molar-refractivity contribution in [2.24, 2.45) is 0 Å². The van der Waals surface area contributed by atoms with Crippen LogP contribution in [0.2, 0.25) is 0 Å². The summed E-state index contributed by atoms with van der Waals surface area (Å²) in [6.45, 7) is 7.73. The Morgan fingerprint density at radius 1 is 1.17 bits per heavy atom. The molecule has 2 N–H and O–H groups in total. The number of fused-ring (bicyclic) bond motifs is 1. The Morgan fingerprint density at radius 2 is 1.88 bits per heavy atom. The number of anilines is 1. The number of aromatic nitrogens is 4. The Kier molecular flexibility index (Phi) is 4.11. The van der Waals surface area contributed by atoms with Crippen LogP contribution in [0, 0.1) is 13.8 Å². The zero-order valence-corrected chi connectivity index (χ0v) is 13.9. The van der Waals surface area contributed by atoms with Gasteiger partial charge in [-0.2, -0.15) is 0 Å². The zero-order valence-electron chi connectivity index (χ0n) is 13.9. The SMILES string of the molecule is Cc1cc(C)nc(NNC(=O)c2cnc3onc(C(C)C)c3c2)n1. The molecule has 0 radical (unpaired) electrons. The Labute approximate surface area is 138 Å². The molecule has 0 aliphatic rings. The first-order valence-corrected chi connectivity index (χ1v) is 7.58. The second-order valence-corrected chi connectivity index (χ2v) is 5.85. The van der Waals surface area contributed by atoms with E-state index in [1.165, 1.54) is 6.20 Å². The molecule has 0 saturated heterocycles. The highest BCUT2D eigenvalue weighted by Crippen LogP contribution is 2.23. The number of nitrogens with zero attached hydrogens (tertiary/aromatic N) is 4. The van der Waals surface area contributed by atoms with Gasteiger partial charge < -0.3 is 4.52 Å². The summed E-state index contributed by atoms with van der Waals surface area (Å²) in [4.78, 5) is 24.9. The number of hydrogen-bond donors (Lipinski definition) is 2. The van der Waals surface area contributed by atoms with Crippen molar-refractivity contribution in [3.8, 4) is 0 Å². The zero-order chi connectivity index (χ0) is 17.3. The van der Waals surface area contributed by atoms with E-state index < -0.39 is 0 Å². The van der Waals surface area contributed by atoms with Gasteiger partial charge in [0.25, 0.3) is 11.6 Å². The van der Waals surface area contributed by atoms with Gasteiger partial charge in [-0.1, -0.05) is 19.0 Å². The highest BCUT2D eigenvalue weighted by molar-refractivity contribution is 5.97. The molecule has 0 unspecified atom stereocenters. The molecule has 24 heavy (non-hydrogen) atoms. The number of carbonyl (C=O) groups excluding carboxylic acids is 1. The Morgan fingerprint density at radius 3 is 2.54 bits per heavy atom. The van der Waals surface area contributed by atoms with Crippen molar-refractivity contribution in [2.75, 3.05) is 5.43 Å². The van der Waals surface area contributed by atoms with E-state index in [0.29, 0.717) is 17.2 Å². The molecule has 124 valence electrons. The minimum atomic E-state index is -0.344. The fourth-order valence-electron chi connectivity index (χ4n) is 2.36. The molecule has 0 spiro atoms. The molecule has 3 rings (SSSR count). The van der Waals surface area contributed by atoms with Crippen molar-refractivity contribution in [2.45, 2.75) is 33.6 Å². The van der Waals surface area contributed by atoms with Crippen molar-refractivity contribution >= 4 is 23.0 Å². The molecule has 8 nitrogen and oxygen atoms in total. The Bertz CT molecular complexity index is 882. The molecule has 0 aliphatic heterocycles. The highest BCUT2D eigenvalue weighted by atomic mass is 16.5. The third-order valence-electron chi connectivity index (χ3n) is 3.44. The lowest BCUT2D eigenvalue weighted by Crippen LogP contribution is -2.30. The predicted molar refractivity (Wildman–Crippen MR) is 88.5 cm³/mol. The van der Waals surface area contributed by atoms with E-state index in [9.17, 15) is 4.79 Å². The van der Waals surface area contributed by atoms with Crippen molar-refractivity contribution in [3.63, 3.8) is 0 Å². The number of nitrogens with one attached hydrogen (secondary N) is 2. The van der Waals surface area contributed by atoms with Gasteiger partial charge in [0.15, 0.2) is 0 Å². The summed E-state index contributed by atoms with van der Waals surface area (Å²) >= 11 is 0. The molecule has 0 bridgehead atoms. The summed E-state index contributed by atoms with van der Waals surface area (Å²) in [7, 11) is 0. The number of hydrazine groups is 1. The van der Waals surface area contributed by atoms with E-state index >= 15 is 0 Å². The molecular weight excluding hydrogens is 308 g/mol. The molecule has 0 aliphatic carbocycles. The van der Waals surface area contributed by atoms with Crippen LogP contribution in [0.1, 0.15) is 47.2 Å². The Hall–Kier alpha value is -3.03. The molecular formula is C16H18N6O2. The summed E-state index contributed by atoms with van der Waals surface area (Å²) in [6.07, 6.45) is 1.44. The molecule has 1 amide bonds. The third kappa shape index (κ3) is 3.17. The number of hydrogen-bond acceptors (Lipinski definition) is 7. The van der Waals surface area contributed by atoms with Gasteiger partial charge in [-0.15, -0.1) is 0 Å². The smallest absolute Gasteiger partial charge is 0.271 e. The molecule has 3 heterocycles. The number of rotatable bonds is 4. The lowest BCUT2D eigenvalue weighted by atomic mass is 10.1. The van der Waals surface area contributed by atoms with Gasteiger partial charge in [-0.3, -0.25) is 15.6 Å². The molecule has 0 saturated carbocycles. The maximum atomic E-state index is 12.3. The average molecular weight is 326 g/mol. The van der Waals surface area contributed by atoms with E-state index in [1.807, 2.05) is 33.8 Å². The number of aryl methyl sites for hydroxylation is 2. The topological polar surface area (TPSA) is 106 Å². The quantitative estimate of drug-likeness (QED) is 0.709. The average Bonchev–Trinajstić information content (AvgIpc) is 2.95. The predicted octanol–water partition coefficient (Wildman–Crippen LogP) is 2.51. The van der Waals surface area contributed by atoms with E-state index in [0.717, 1.165) is 22.5 Å². The second kappa shape index (κ2) is 6.23. The maximum absolute atomic E-state index is 12.3. The summed E-state index contributed by atoms with van der Waals surface area (Å²) in [5.74, 6) is 0.166. The molecule has 8 heteroatoms. The van der Waals surface area contributed by atoms with Crippen LogP contribution in [0.4, 0.5) is 5.95 Å². The standard InChI is InChI=1S/C16H18N6O2/c1-8(2)13-12-6-11(7-17-15(12)24-22-13)14(23)20-21-16-18-9(3)5-10(4)19-16/h5-8H,1-4H3,(H,20,23)(H,18,19,21). The van der Waals surface area contributed by atoms with E-state index in [1.54, 1.807) is 6.07 Å². The van der Waals surface area contributed by atoms with E-state index in [4.69, 9.17) is 4.52 Å². The van der Waals surface area contributed by atoms with E-state index in [-0.39, 0.29) is 11.8 Å². The molecule has 0 aromatic carbocycles. The van der Waals surface area contributed by atoms with Crippen LogP contribution in [0.25, 0.3) is 11.1 Å². The van der Waals surface area contributed by atoms with Crippen LogP contribution in [-0.2, 0) is 0 Å². The van der Waals surface area contributed by atoms with Gasteiger partial charge in [0.1, 0.15) is 0 Å². The minimum Gasteiger partial charge on any atom is -0.336 e. The van der Waals surface area contributed by atoms with Crippen molar-refractivity contribution in [1.29, 1.82) is 0 Å². The van der Waals surface area contributed by atoms with Crippen LogP contribution in [0.5, 0.6) is 0 Å². The van der Waals surface area contributed by atoms with Crippen LogP contribution in [0.15, 0.2) is 22.9 Å². The normalized spacial score (nSPS) is 11.0. The summed E-state index contributed by atoms with van der Waals surface area (Å²) < 4.78 is 5.17. The van der Waals surface area contributed by atoms with Crippen molar-refractivity contribution in [3.05, 3.63) is 41.0 Å². The van der Waals surface area contributed by atoms with E-state index in [2.05, 4.69) is 31.0 Å². The van der Waals surface area contributed by atoms with Crippen LogP contribution < -0.4 is 10.9 Å². The lowest BCUT2D eigenvalue weighted by Gasteiger charge is -2.08. The minimum absolute atomic E-state index is 0.174. The first kappa shape index (κ1) is 15.9. The molecule has 3 aromatic rings. The lowest BCUT2D eigenvalue weighted by molar-refractivity contribution is 0.0962. The van der Waals surface area contributed by atoms with Crippen molar-refractivity contribution < 1.29 is 9.32 Å².